The number of carbonyl (C=O) groups excluding carboxylic acids is 1. The summed E-state index contributed by atoms with van der Waals surface area (Å²) in [6.45, 7) is 2.26. The van der Waals surface area contributed by atoms with Crippen molar-refractivity contribution in [2.75, 3.05) is 6.54 Å². The zero-order valence-electron chi connectivity index (χ0n) is 14.7. The molecule has 136 valence electrons. The molecule has 1 unspecified atom stereocenters. The fourth-order valence-electron chi connectivity index (χ4n) is 2.69. The quantitative estimate of drug-likeness (QED) is 0.556. The minimum absolute atomic E-state index is 0.102. The lowest BCUT2D eigenvalue weighted by Gasteiger charge is -2.08. The Morgan fingerprint density at radius 3 is 3.00 bits per heavy atom. The minimum atomic E-state index is -0.181. The molecule has 0 spiro atoms. The summed E-state index contributed by atoms with van der Waals surface area (Å²) in [6, 6.07) is 9.27. The molecule has 0 aliphatic heterocycles. The molecule has 4 rings (SSSR count). The van der Waals surface area contributed by atoms with Crippen LogP contribution in [0.15, 0.2) is 54.3 Å². The largest absolute Gasteiger partial charge is 0.350 e. The summed E-state index contributed by atoms with van der Waals surface area (Å²) in [5.74, 6) is -0.181. The lowest BCUT2D eigenvalue weighted by Crippen LogP contribution is -2.35. The van der Waals surface area contributed by atoms with E-state index in [0.29, 0.717) is 23.4 Å². The van der Waals surface area contributed by atoms with Crippen molar-refractivity contribution in [2.24, 2.45) is 5.73 Å². The Morgan fingerprint density at radius 1 is 1.33 bits per heavy atom. The summed E-state index contributed by atoms with van der Waals surface area (Å²) >= 11 is 1.63. The standard InChI is InChI=1S/C19H18N6OS/c1-12(20)10-22-19(26)13-4-6-21-16(9-13)14-11-23-25-7-5-15(24-18(14)25)17-3-2-8-27-17/h2-9,11-12H,10,20H2,1H3,(H,22,26). The van der Waals surface area contributed by atoms with Crippen molar-refractivity contribution < 1.29 is 4.79 Å². The molecule has 0 aromatic carbocycles. The smallest absolute Gasteiger partial charge is 0.251 e. The number of thiophene rings is 1. The van der Waals surface area contributed by atoms with Gasteiger partial charge in [0.05, 0.1) is 28.0 Å². The molecular formula is C19H18N6OS. The Labute approximate surface area is 159 Å². The molecule has 0 saturated carbocycles. The van der Waals surface area contributed by atoms with Gasteiger partial charge in [-0.2, -0.15) is 5.10 Å². The van der Waals surface area contributed by atoms with Gasteiger partial charge in [0, 0.05) is 30.5 Å². The van der Waals surface area contributed by atoms with Gasteiger partial charge in [-0.3, -0.25) is 9.78 Å². The Morgan fingerprint density at radius 2 is 2.22 bits per heavy atom. The van der Waals surface area contributed by atoms with E-state index >= 15 is 0 Å². The van der Waals surface area contributed by atoms with Crippen LogP contribution in [0.4, 0.5) is 0 Å². The molecule has 0 radical (unpaired) electrons. The zero-order valence-corrected chi connectivity index (χ0v) is 15.5. The third-order valence-corrected chi connectivity index (χ3v) is 4.92. The van der Waals surface area contributed by atoms with Crippen molar-refractivity contribution in [1.82, 2.24) is 24.9 Å². The van der Waals surface area contributed by atoms with Crippen LogP contribution in [0.2, 0.25) is 0 Å². The number of pyridine rings is 1. The number of hydrogen-bond acceptors (Lipinski definition) is 6. The summed E-state index contributed by atoms with van der Waals surface area (Å²) in [4.78, 5) is 22.5. The van der Waals surface area contributed by atoms with E-state index in [-0.39, 0.29) is 11.9 Å². The number of hydrogen-bond donors (Lipinski definition) is 2. The number of nitrogens with one attached hydrogen (secondary N) is 1. The summed E-state index contributed by atoms with van der Waals surface area (Å²) in [6.07, 6.45) is 5.20. The van der Waals surface area contributed by atoms with Crippen molar-refractivity contribution in [2.45, 2.75) is 13.0 Å². The van der Waals surface area contributed by atoms with Gasteiger partial charge < -0.3 is 11.1 Å². The molecule has 4 aromatic rings. The van der Waals surface area contributed by atoms with Gasteiger partial charge in [0.1, 0.15) is 0 Å². The number of nitrogens with zero attached hydrogens (tertiary/aromatic N) is 4. The van der Waals surface area contributed by atoms with Crippen molar-refractivity contribution in [3.8, 4) is 21.8 Å². The average molecular weight is 378 g/mol. The predicted octanol–water partition coefficient (Wildman–Crippen LogP) is 2.60. The molecule has 1 atom stereocenters. The minimum Gasteiger partial charge on any atom is -0.350 e. The molecule has 0 aliphatic carbocycles. The van der Waals surface area contributed by atoms with Gasteiger partial charge in [-0.05, 0) is 36.6 Å². The van der Waals surface area contributed by atoms with E-state index in [4.69, 9.17) is 10.7 Å². The van der Waals surface area contributed by atoms with Crippen LogP contribution < -0.4 is 11.1 Å². The number of carbonyl (C=O) groups is 1. The molecule has 1 amide bonds. The summed E-state index contributed by atoms with van der Waals surface area (Å²) < 4.78 is 1.71. The van der Waals surface area contributed by atoms with E-state index in [1.54, 1.807) is 40.4 Å². The number of amides is 1. The third kappa shape index (κ3) is 3.57. The van der Waals surface area contributed by atoms with E-state index in [0.717, 1.165) is 16.1 Å². The zero-order chi connectivity index (χ0) is 18.8. The van der Waals surface area contributed by atoms with E-state index in [1.807, 2.05) is 36.7 Å². The molecule has 8 heteroatoms. The molecule has 4 heterocycles. The number of rotatable bonds is 5. The second kappa shape index (κ2) is 7.26. The van der Waals surface area contributed by atoms with Crippen LogP contribution in [-0.2, 0) is 0 Å². The summed E-state index contributed by atoms with van der Waals surface area (Å²) in [5, 5.41) is 9.18. The molecule has 0 bridgehead atoms. The first-order valence-electron chi connectivity index (χ1n) is 8.50. The second-order valence-corrected chi connectivity index (χ2v) is 7.18. The van der Waals surface area contributed by atoms with Crippen LogP contribution in [-0.4, -0.2) is 38.1 Å². The van der Waals surface area contributed by atoms with E-state index < -0.39 is 0 Å². The van der Waals surface area contributed by atoms with Gasteiger partial charge in [0.25, 0.3) is 5.91 Å². The monoisotopic (exact) mass is 378 g/mol. The predicted molar refractivity (Wildman–Crippen MR) is 106 cm³/mol. The molecule has 3 N–H and O–H groups in total. The van der Waals surface area contributed by atoms with E-state index in [1.165, 1.54) is 0 Å². The fourth-order valence-corrected chi connectivity index (χ4v) is 3.38. The maximum Gasteiger partial charge on any atom is 0.251 e. The molecule has 0 fully saturated rings. The maximum atomic E-state index is 12.3. The van der Waals surface area contributed by atoms with Gasteiger partial charge in [0.2, 0.25) is 0 Å². The Balaban J connectivity index is 1.71. The lowest BCUT2D eigenvalue weighted by molar-refractivity contribution is 0.0951. The highest BCUT2D eigenvalue weighted by Crippen LogP contribution is 2.27. The van der Waals surface area contributed by atoms with Gasteiger partial charge >= 0.3 is 0 Å². The molecule has 7 nitrogen and oxygen atoms in total. The van der Waals surface area contributed by atoms with Crippen LogP contribution in [0, 0.1) is 0 Å². The van der Waals surface area contributed by atoms with Crippen molar-refractivity contribution in [1.29, 1.82) is 0 Å². The van der Waals surface area contributed by atoms with E-state index in [9.17, 15) is 4.79 Å². The van der Waals surface area contributed by atoms with Crippen LogP contribution in [0.5, 0.6) is 0 Å². The van der Waals surface area contributed by atoms with Gasteiger partial charge in [-0.15, -0.1) is 11.3 Å². The van der Waals surface area contributed by atoms with Gasteiger partial charge in [0.15, 0.2) is 5.65 Å². The maximum absolute atomic E-state index is 12.3. The number of nitrogens with two attached hydrogens (primary N) is 1. The lowest BCUT2D eigenvalue weighted by atomic mass is 10.1. The van der Waals surface area contributed by atoms with Crippen LogP contribution in [0.3, 0.4) is 0 Å². The van der Waals surface area contributed by atoms with Gasteiger partial charge in [-0.25, -0.2) is 9.50 Å². The molecule has 0 aliphatic rings. The van der Waals surface area contributed by atoms with Crippen LogP contribution >= 0.6 is 11.3 Å². The summed E-state index contributed by atoms with van der Waals surface area (Å²) in [7, 11) is 0. The average Bonchev–Trinajstić information content (AvgIpc) is 3.35. The molecule has 0 saturated heterocycles. The SMILES string of the molecule is CC(N)CNC(=O)c1ccnc(-c2cnn3ccc(-c4cccs4)nc23)c1. The first kappa shape index (κ1) is 17.3. The number of fused-ring (bicyclic) bond motifs is 1. The highest BCUT2D eigenvalue weighted by atomic mass is 32.1. The highest BCUT2D eigenvalue weighted by Gasteiger charge is 2.14. The first-order valence-corrected chi connectivity index (χ1v) is 9.38. The molecule has 4 aromatic heterocycles. The number of aromatic nitrogens is 4. The van der Waals surface area contributed by atoms with Crippen LogP contribution in [0.1, 0.15) is 17.3 Å². The van der Waals surface area contributed by atoms with Crippen molar-refractivity contribution in [3.05, 3.63) is 59.9 Å². The first-order chi connectivity index (χ1) is 13.1. The molecular weight excluding hydrogens is 360 g/mol. The van der Waals surface area contributed by atoms with Crippen molar-refractivity contribution >= 4 is 22.9 Å². The highest BCUT2D eigenvalue weighted by molar-refractivity contribution is 7.13. The van der Waals surface area contributed by atoms with Gasteiger partial charge in [-0.1, -0.05) is 6.07 Å². The molecule has 27 heavy (non-hydrogen) atoms. The van der Waals surface area contributed by atoms with Crippen molar-refractivity contribution in [3.63, 3.8) is 0 Å². The normalized spacial score (nSPS) is 12.2. The summed E-state index contributed by atoms with van der Waals surface area (Å²) in [5.41, 5.74) is 9.22. The Hall–Kier alpha value is -3.10. The fraction of sp³-hybridized carbons (Fsp3) is 0.158. The Bertz CT molecular complexity index is 1090. The van der Waals surface area contributed by atoms with E-state index in [2.05, 4.69) is 15.4 Å². The topological polar surface area (TPSA) is 98.2 Å². The van der Waals surface area contributed by atoms with Crippen LogP contribution in [0.25, 0.3) is 27.5 Å². The second-order valence-electron chi connectivity index (χ2n) is 6.23. The third-order valence-electron chi connectivity index (χ3n) is 4.03. The Kier molecular flexibility index (Phi) is 4.66.